The molecule has 72 valence electrons. The van der Waals surface area contributed by atoms with Crippen molar-refractivity contribution in [2.45, 2.75) is 4.90 Å². The van der Waals surface area contributed by atoms with Gasteiger partial charge in [0.05, 0.1) is 5.02 Å². The number of benzene rings is 1. The molecule has 0 radical (unpaired) electrons. The molecule has 6 heteroatoms. The highest BCUT2D eigenvalue weighted by Crippen LogP contribution is 2.32. The first-order valence-corrected chi connectivity index (χ1v) is 5.51. The molecule has 2 N–H and O–H groups in total. The minimum absolute atomic E-state index is 0.498. The van der Waals surface area contributed by atoms with Crippen LogP contribution in [0.25, 0.3) is 10.1 Å². The first-order chi connectivity index (χ1) is 6.59. The molecule has 0 saturated carbocycles. The lowest BCUT2D eigenvalue weighted by Crippen LogP contribution is -2.26. The molecule has 0 amide bonds. The summed E-state index contributed by atoms with van der Waals surface area (Å²) in [6, 6.07) is 5.30. The van der Waals surface area contributed by atoms with Crippen LogP contribution in [0.3, 0.4) is 0 Å². The standard InChI is InChI=1S/C8H6BClO2S2/c10-5-2-1-4-3-6(9(11)12)14-8(4)7(5)13/h1-3,11-13H. The zero-order valence-corrected chi connectivity index (χ0v) is 9.40. The molecule has 1 aromatic carbocycles. The molecule has 14 heavy (non-hydrogen) atoms. The van der Waals surface area contributed by atoms with Crippen molar-refractivity contribution >= 4 is 57.5 Å². The van der Waals surface area contributed by atoms with Crippen LogP contribution in [-0.4, -0.2) is 17.2 Å². The van der Waals surface area contributed by atoms with Gasteiger partial charge >= 0.3 is 7.12 Å². The average Bonchev–Trinajstić information content (AvgIpc) is 2.56. The Bertz CT molecular complexity index is 483. The third-order valence-electron chi connectivity index (χ3n) is 1.88. The Kier molecular flexibility index (Phi) is 2.77. The molecule has 0 bridgehead atoms. The second kappa shape index (κ2) is 3.75. The molecular weight excluding hydrogens is 238 g/mol. The first kappa shape index (κ1) is 10.3. The van der Waals surface area contributed by atoms with Gasteiger partial charge in [-0.25, -0.2) is 0 Å². The van der Waals surface area contributed by atoms with E-state index in [1.807, 2.05) is 6.07 Å². The molecular formula is C8H6BClO2S2. The van der Waals surface area contributed by atoms with Gasteiger partial charge in [-0.05, 0) is 17.5 Å². The summed E-state index contributed by atoms with van der Waals surface area (Å²) in [5, 5.41) is 19.5. The predicted octanol–water partition coefficient (Wildman–Crippen LogP) is 1.52. The largest absolute Gasteiger partial charge is 0.499 e. The Morgan fingerprint density at radius 3 is 2.71 bits per heavy atom. The number of thiophene rings is 1. The summed E-state index contributed by atoms with van der Waals surface area (Å²) in [4.78, 5) is 0.682. The van der Waals surface area contributed by atoms with Gasteiger partial charge in [-0.1, -0.05) is 17.7 Å². The average molecular weight is 245 g/mol. The van der Waals surface area contributed by atoms with Crippen LogP contribution < -0.4 is 4.78 Å². The van der Waals surface area contributed by atoms with E-state index < -0.39 is 7.12 Å². The lowest BCUT2D eigenvalue weighted by Gasteiger charge is -1.96. The third-order valence-corrected chi connectivity index (χ3v) is 4.16. The van der Waals surface area contributed by atoms with E-state index in [1.54, 1.807) is 12.1 Å². The van der Waals surface area contributed by atoms with Crippen LogP contribution >= 0.6 is 35.6 Å². The normalized spacial score (nSPS) is 10.9. The van der Waals surface area contributed by atoms with Crippen molar-refractivity contribution in [3.8, 4) is 0 Å². The van der Waals surface area contributed by atoms with Gasteiger partial charge in [0.15, 0.2) is 0 Å². The van der Waals surface area contributed by atoms with E-state index in [-0.39, 0.29) is 0 Å². The van der Waals surface area contributed by atoms with Gasteiger partial charge in [0.2, 0.25) is 0 Å². The lowest BCUT2D eigenvalue weighted by molar-refractivity contribution is 0.427. The molecule has 0 aliphatic carbocycles. The number of thiol groups is 1. The quantitative estimate of drug-likeness (QED) is 0.526. The van der Waals surface area contributed by atoms with Crippen LogP contribution in [0.2, 0.25) is 5.02 Å². The number of rotatable bonds is 1. The maximum atomic E-state index is 8.99. The number of fused-ring (bicyclic) bond motifs is 1. The van der Waals surface area contributed by atoms with Crippen molar-refractivity contribution in [1.29, 1.82) is 0 Å². The molecule has 0 aliphatic rings. The monoisotopic (exact) mass is 244 g/mol. The number of hydrogen-bond acceptors (Lipinski definition) is 4. The topological polar surface area (TPSA) is 40.5 Å². The maximum Gasteiger partial charge on any atom is 0.499 e. The fourth-order valence-corrected chi connectivity index (χ4v) is 2.74. The molecule has 2 rings (SSSR count). The lowest BCUT2D eigenvalue weighted by atomic mass is 9.89. The van der Waals surface area contributed by atoms with Gasteiger partial charge < -0.3 is 10.0 Å². The van der Waals surface area contributed by atoms with Crippen molar-refractivity contribution in [3.63, 3.8) is 0 Å². The summed E-state index contributed by atoms with van der Waals surface area (Å²) in [5.74, 6) is 0. The summed E-state index contributed by atoms with van der Waals surface area (Å²) >= 11 is 11.4. The fraction of sp³-hybridized carbons (Fsp3) is 0. The van der Waals surface area contributed by atoms with Gasteiger partial charge in [-0.3, -0.25) is 0 Å². The summed E-state index contributed by atoms with van der Waals surface area (Å²) < 4.78 is 1.38. The molecule has 2 aromatic rings. The SMILES string of the molecule is OB(O)c1cc2ccc(Cl)c(S)c2s1. The van der Waals surface area contributed by atoms with Crippen molar-refractivity contribution in [1.82, 2.24) is 0 Å². The van der Waals surface area contributed by atoms with Gasteiger partial charge in [0, 0.05) is 14.4 Å². The second-order valence-electron chi connectivity index (χ2n) is 2.84. The summed E-state index contributed by atoms with van der Waals surface area (Å²) in [6.45, 7) is 0. The molecule has 1 aromatic heterocycles. The smallest absolute Gasteiger partial charge is 0.423 e. The van der Waals surface area contributed by atoms with E-state index in [1.165, 1.54) is 11.3 Å². The third kappa shape index (κ3) is 1.66. The van der Waals surface area contributed by atoms with Gasteiger partial charge in [-0.15, -0.1) is 24.0 Å². The Morgan fingerprint density at radius 1 is 1.36 bits per heavy atom. The van der Waals surface area contributed by atoms with E-state index in [2.05, 4.69) is 12.6 Å². The summed E-state index contributed by atoms with van der Waals surface area (Å²) in [7, 11) is -1.43. The fourth-order valence-electron chi connectivity index (χ4n) is 1.21. The second-order valence-corrected chi connectivity index (χ2v) is 4.77. The summed E-state index contributed by atoms with van der Waals surface area (Å²) in [5.41, 5.74) is 0. The molecule has 0 unspecified atom stereocenters. The van der Waals surface area contributed by atoms with Crippen LogP contribution in [0.4, 0.5) is 0 Å². The minimum atomic E-state index is -1.43. The van der Waals surface area contributed by atoms with E-state index in [0.29, 0.717) is 14.7 Å². The Morgan fingerprint density at radius 2 is 2.07 bits per heavy atom. The van der Waals surface area contributed by atoms with E-state index >= 15 is 0 Å². The Balaban J connectivity index is 2.71. The van der Waals surface area contributed by atoms with E-state index in [9.17, 15) is 0 Å². The van der Waals surface area contributed by atoms with Gasteiger partial charge in [0.1, 0.15) is 0 Å². The van der Waals surface area contributed by atoms with Gasteiger partial charge in [0.25, 0.3) is 0 Å². The highest BCUT2D eigenvalue weighted by Gasteiger charge is 2.16. The van der Waals surface area contributed by atoms with E-state index in [4.69, 9.17) is 21.6 Å². The molecule has 2 nitrogen and oxygen atoms in total. The number of halogens is 1. The van der Waals surface area contributed by atoms with Crippen molar-refractivity contribution in [3.05, 3.63) is 23.2 Å². The predicted molar refractivity (Wildman–Crippen MR) is 63.9 cm³/mol. The van der Waals surface area contributed by atoms with Crippen LogP contribution in [0.15, 0.2) is 23.1 Å². The molecule has 0 saturated heterocycles. The molecule has 0 spiro atoms. The van der Waals surface area contributed by atoms with Crippen molar-refractivity contribution in [2.75, 3.05) is 0 Å². The van der Waals surface area contributed by atoms with Crippen LogP contribution in [0.1, 0.15) is 0 Å². The van der Waals surface area contributed by atoms with Crippen LogP contribution in [0.5, 0.6) is 0 Å². The Labute approximate surface area is 95.7 Å². The zero-order chi connectivity index (χ0) is 10.3. The van der Waals surface area contributed by atoms with Crippen molar-refractivity contribution < 1.29 is 10.0 Å². The minimum Gasteiger partial charge on any atom is -0.423 e. The van der Waals surface area contributed by atoms with Crippen LogP contribution in [0, 0.1) is 0 Å². The highest BCUT2D eigenvalue weighted by molar-refractivity contribution is 7.81. The highest BCUT2D eigenvalue weighted by atomic mass is 35.5. The Hall–Kier alpha value is -0.195. The molecule has 1 heterocycles. The summed E-state index contributed by atoms with van der Waals surface area (Å²) in [6.07, 6.45) is 0. The molecule has 0 atom stereocenters. The zero-order valence-electron chi connectivity index (χ0n) is 6.94. The maximum absolute atomic E-state index is 8.99. The van der Waals surface area contributed by atoms with Crippen LogP contribution in [-0.2, 0) is 0 Å². The number of hydrogen-bond donors (Lipinski definition) is 3. The van der Waals surface area contributed by atoms with E-state index in [0.717, 1.165) is 10.1 Å². The van der Waals surface area contributed by atoms with Crippen molar-refractivity contribution in [2.24, 2.45) is 0 Å². The first-order valence-electron chi connectivity index (χ1n) is 3.86. The molecule has 0 fully saturated rings. The molecule has 0 aliphatic heterocycles. The van der Waals surface area contributed by atoms with Gasteiger partial charge in [-0.2, -0.15) is 0 Å².